The molecular formula is C20H21N3O5S. The molecule has 1 aromatic heterocycles. The van der Waals surface area contributed by atoms with Crippen LogP contribution in [0.15, 0.2) is 56.6 Å². The Hall–Kier alpha value is -3.07. The number of carbonyl (C=O) groups excluding carboxylic acids is 1. The Morgan fingerprint density at radius 3 is 2.62 bits per heavy atom. The minimum absolute atomic E-state index is 0.0181. The Labute approximate surface area is 171 Å². The van der Waals surface area contributed by atoms with E-state index in [1.54, 1.807) is 23.7 Å². The van der Waals surface area contributed by atoms with Crippen LogP contribution < -0.4 is 5.76 Å². The molecule has 0 saturated carbocycles. The minimum Gasteiger partial charge on any atom is -0.407 e. The monoisotopic (exact) mass is 415 g/mol. The molecule has 0 unspecified atom stereocenters. The Balaban J connectivity index is 1.58. The van der Waals surface area contributed by atoms with Crippen LogP contribution in [0.25, 0.3) is 11.1 Å². The van der Waals surface area contributed by atoms with Gasteiger partial charge in [0.15, 0.2) is 5.58 Å². The highest BCUT2D eigenvalue weighted by Crippen LogP contribution is 2.20. The lowest BCUT2D eigenvalue weighted by atomic mass is 10.2. The van der Waals surface area contributed by atoms with Gasteiger partial charge in [0.2, 0.25) is 5.91 Å². The lowest BCUT2D eigenvalue weighted by Gasteiger charge is -2.17. The summed E-state index contributed by atoms with van der Waals surface area (Å²) in [6.45, 7) is 0.817. The molecule has 9 heteroatoms. The zero-order valence-corrected chi connectivity index (χ0v) is 17.0. The number of rotatable bonds is 8. The number of carbonyl (C=O) groups is 1. The number of fused-ring (bicyclic) bond motifs is 1. The van der Waals surface area contributed by atoms with E-state index in [2.05, 4.69) is 0 Å². The van der Waals surface area contributed by atoms with Gasteiger partial charge in [-0.25, -0.2) is 4.79 Å². The molecule has 0 aliphatic rings. The summed E-state index contributed by atoms with van der Waals surface area (Å²) >= 11 is 1.67. The SMILES string of the molecule is CSc1ccc(CN(C)C(=O)CCCn2c(=O)oc3cc([N+](=O)[O-])ccc32)cc1. The van der Waals surface area contributed by atoms with Gasteiger partial charge in [-0.15, -0.1) is 11.8 Å². The molecule has 0 spiro atoms. The largest absolute Gasteiger partial charge is 0.419 e. The maximum absolute atomic E-state index is 12.4. The van der Waals surface area contributed by atoms with Crippen molar-refractivity contribution in [3.05, 3.63) is 68.7 Å². The number of aryl methyl sites for hydroxylation is 1. The molecule has 152 valence electrons. The molecule has 1 amide bonds. The van der Waals surface area contributed by atoms with Crippen molar-refractivity contribution in [3.8, 4) is 0 Å². The molecule has 3 aromatic rings. The van der Waals surface area contributed by atoms with Gasteiger partial charge in [-0.3, -0.25) is 19.5 Å². The zero-order chi connectivity index (χ0) is 21.0. The van der Waals surface area contributed by atoms with Crippen molar-refractivity contribution in [2.75, 3.05) is 13.3 Å². The van der Waals surface area contributed by atoms with Crippen LogP contribution >= 0.6 is 11.8 Å². The molecule has 1 heterocycles. The molecule has 0 saturated heterocycles. The number of hydrogen-bond donors (Lipinski definition) is 0. The van der Waals surface area contributed by atoms with E-state index in [0.717, 1.165) is 5.56 Å². The Morgan fingerprint density at radius 2 is 1.97 bits per heavy atom. The van der Waals surface area contributed by atoms with E-state index in [4.69, 9.17) is 4.42 Å². The van der Waals surface area contributed by atoms with Crippen LogP contribution in [0.3, 0.4) is 0 Å². The van der Waals surface area contributed by atoms with Gasteiger partial charge < -0.3 is 9.32 Å². The quantitative estimate of drug-likeness (QED) is 0.316. The van der Waals surface area contributed by atoms with E-state index >= 15 is 0 Å². The molecule has 8 nitrogen and oxygen atoms in total. The van der Waals surface area contributed by atoms with Crippen molar-refractivity contribution in [2.24, 2.45) is 0 Å². The van der Waals surface area contributed by atoms with E-state index in [1.807, 2.05) is 30.5 Å². The van der Waals surface area contributed by atoms with E-state index in [0.29, 0.717) is 25.0 Å². The summed E-state index contributed by atoms with van der Waals surface area (Å²) in [5.74, 6) is -0.606. The summed E-state index contributed by atoms with van der Waals surface area (Å²) in [7, 11) is 1.75. The van der Waals surface area contributed by atoms with Gasteiger partial charge in [-0.2, -0.15) is 0 Å². The summed E-state index contributed by atoms with van der Waals surface area (Å²) < 4.78 is 6.49. The third kappa shape index (κ3) is 4.86. The van der Waals surface area contributed by atoms with Crippen molar-refractivity contribution in [1.82, 2.24) is 9.47 Å². The molecule has 3 rings (SSSR count). The Kier molecular flexibility index (Phi) is 6.38. The number of thioether (sulfide) groups is 1. The van der Waals surface area contributed by atoms with Gasteiger partial charge in [-0.1, -0.05) is 12.1 Å². The molecular weight excluding hydrogens is 394 g/mol. The highest BCUT2D eigenvalue weighted by Gasteiger charge is 2.15. The molecule has 0 bridgehead atoms. The highest BCUT2D eigenvalue weighted by atomic mass is 32.2. The predicted octanol–water partition coefficient (Wildman–Crippen LogP) is 3.66. The maximum Gasteiger partial charge on any atom is 0.419 e. The van der Waals surface area contributed by atoms with Crippen molar-refractivity contribution in [1.29, 1.82) is 0 Å². The number of nitrogens with zero attached hydrogens (tertiary/aromatic N) is 3. The number of nitro groups is 1. The topological polar surface area (TPSA) is 98.6 Å². The average Bonchev–Trinajstić information content (AvgIpc) is 3.02. The first-order chi connectivity index (χ1) is 13.9. The predicted molar refractivity (Wildman–Crippen MR) is 111 cm³/mol. The van der Waals surface area contributed by atoms with Crippen LogP contribution in [-0.2, 0) is 17.9 Å². The summed E-state index contributed by atoms with van der Waals surface area (Å²) in [4.78, 5) is 37.6. The Morgan fingerprint density at radius 1 is 1.24 bits per heavy atom. The average molecular weight is 415 g/mol. The maximum atomic E-state index is 12.4. The number of hydrogen-bond acceptors (Lipinski definition) is 6. The number of aromatic nitrogens is 1. The van der Waals surface area contributed by atoms with Crippen LogP contribution in [0.5, 0.6) is 0 Å². The molecule has 0 atom stereocenters. The van der Waals surface area contributed by atoms with Crippen molar-refractivity contribution < 1.29 is 14.1 Å². The van der Waals surface area contributed by atoms with Gasteiger partial charge in [0.25, 0.3) is 5.69 Å². The van der Waals surface area contributed by atoms with Gasteiger partial charge >= 0.3 is 5.76 Å². The van der Waals surface area contributed by atoms with Crippen LogP contribution in [0.1, 0.15) is 18.4 Å². The second kappa shape index (κ2) is 8.95. The number of benzene rings is 2. The molecule has 0 radical (unpaired) electrons. The lowest BCUT2D eigenvalue weighted by molar-refractivity contribution is -0.384. The van der Waals surface area contributed by atoms with E-state index in [-0.39, 0.29) is 23.6 Å². The molecule has 0 N–H and O–H groups in total. The van der Waals surface area contributed by atoms with Crippen molar-refractivity contribution in [3.63, 3.8) is 0 Å². The molecule has 0 aliphatic heterocycles. The van der Waals surface area contributed by atoms with Crippen molar-refractivity contribution in [2.45, 2.75) is 30.8 Å². The van der Waals surface area contributed by atoms with Gasteiger partial charge in [0, 0.05) is 37.5 Å². The fourth-order valence-corrected chi connectivity index (χ4v) is 3.46. The fourth-order valence-electron chi connectivity index (χ4n) is 3.05. The van der Waals surface area contributed by atoms with Gasteiger partial charge in [-0.05, 0) is 36.4 Å². The molecule has 0 fully saturated rings. The fraction of sp³-hybridized carbons (Fsp3) is 0.300. The second-order valence-electron chi connectivity index (χ2n) is 6.63. The van der Waals surface area contributed by atoms with E-state index in [9.17, 15) is 19.7 Å². The molecule has 2 aromatic carbocycles. The van der Waals surface area contributed by atoms with Crippen molar-refractivity contribution >= 4 is 34.5 Å². The van der Waals surface area contributed by atoms with Crippen LogP contribution in [0.2, 0.25) is 0 Å². The standard InChI is InChI=1S/C20H21N3O5S/c1-21(13-14-5-8-16(29-2)9-6-14)19(24)4-3-11-22-17-10-7-15(23(26)27)12-18(17)28-20(22)25/h5-10,12H,3-4,11,13H2,1-2H3. The molecule has 0 aliphatic carbocycles. The number of nitro benzene ring substituents is 1. The minimum atomic E-state index is -0.588. The number of oxazole rings is 1. The lowest BCUT2D eigenvalue weighted by Crippen LogP contribution is -2.26. The zero-order valence-electron chi connectivity index (χ0n) is 16.2. The first kappa shape index (κ1) is 20.7. The number of amides is 1. The summed E-state index contributed by atoms with van der Waals surface area (Å²) in [5, 5.41) is 10.8. The highest BCUT2D eigenvalue weighted by molar-refractivity contribution is 7.98. The normalized spacial score (nSPS) is 11.0. The van der Waals surface area contributed by atoms with Crippen LogP contribution in [-0.4, -0.2) is 33.6 Å². The van der Waals surface area contributed by atoms with E-state index < -0.39 is 10.7 Å². The number of non-ortho nitro benzene ring substituents is 1. The first-order valence-corrected chi connectivity index (χ1v) is 10.3. The van der Waals surface area contributed by atoms with E-state index in [1.165, 1.54) is 27.7 Å². The summed E-state index contributed by atoms with van der Waals surface area (Å²) in [6.07, 6.45) is 2.76. The van der Waals surface area contributed by atoms with Crippen LogP contribution in [0, 0.1) is 10.1 Å². The summed E-state index contributed by atoms with van der Waals surface area (Å²) in [6, 6.07) is 12.1. The molecule has 29 heavy (non-hydrogen) atoms. The third-order valence-corrected chi connectivity index (χ3v) is 5.38. The van der Waals surface area contributed by atoms with Gasteiger partial charge in [0.1, 0.15) is 0 Å². The van der Waals surface area contributed by atoms with Crippen LogP contribution in [0.4, 0.5) is 5.69 Å². The summed E-state index contributed by atoms with van der Waals surface area (Å²) in [5.41, 5.74) is 1.56. The Bertz CT molecular complexity index is 1090. The third-order valence-electron chi connectivity index (χ3n) is 4.64. The second-order valence-corrected chi connectivity index (χ2v) is 7.51. The van der Waals surface area contributed by atoms with Gasteiger partial charge in [0.05, 0.1) is 16.5 Å². The smallest absolute Gasteiger partial charge is 0.407 e. The first-order valence-electron chi connectivity index (χ1n) is 9.03.